The molecule has 13 heteroatoms. The molecule has 1 aliphatic carbocycles. The summed E-state index contributed by atoms with van der Waals surface area (Å²) in [7, 11) is 0. The Hall–Kier alpha value is -3.16. The third-order valence-corrected chi connectivity index (χ3v) is 9.90. The largest absolute Gasteiger partial charge is 0.542 e. The van der Waals surface area contributed by atoms with Gasteiger partial charge in [-0.15, -0.1) is 11.3 Å². The molecule has 0 radical (unpaired) electrons. The van der Waals surface area contributed by atoms with E-state index in [1.807, 2.05) is 41.8 Å². The molecule has 2 atom stereocenters. The Labute approximate surface area is 258 Å². The topological polar surface area (TPSA) is 125 Å². The predicted octanol–water partition coefficient (Wildman–Crippen LogP) is 4.00. The quantitative estimate of drug-likeness (QED) is 0.229. The fourth-order valence-corrected chi connectivity index (χ4v) is 7.52. The summed E-state index contributed by atoms with van der Waals surface area (Å²) in [5, 5.41) is 25.2. The number of thiophene rings is 1. The number of anilines is 1. The van der Waals surface area contributed by atoms with E-state index in [1.54, 1.807) is 0 Å². The number of quaternary nitrogens is 1. The molecule has 1 aromatic heterocycles. The smallest absolute Gasteiger partial charge is 0.430 e. The molecule has 0 unspecified atom stereocenters. The van der Waals surface area contributed by atoms with Gasteiger partial charge < -0.3 is 34.3 Å². The lowest BCUT2D eigenvalue weighted by atomic mass is 9.82. The first kappa shape index (κ1) is 33.7. The number of ether oxygens (including phenoxy) is 2. The molecule has 2 aromatic rings. The molecule has 0 spiro atoms. The van der Waals surface area contributed by atoms with Crippen LogP contribution in [0.4, 0.5) is 18.9 Å². The van der Waals surface area contributed by atoms with E-state index in [0.29, 0.717) is 12.5 Å². The van der Waals surface area contributed by atoms with Crippen LogP contribution in [0, 0.1) is 11.8 Å². The minimum atomic E-state index is -5.19. The van der Waals surface area contributed by atoms with Crippen LogP contribution < -0.4 is 15.2 Å². The van der Waals surface area contributed by atoms with Crippen molar-refractivity contribution in [2.24, 2.45) is 11.8 Å². The summed E-state index contributed by atoms with van der Waals surface area (Å²) in [6.07, 6.45) is 1.55. The van der Waals surface area contributed by atoms with Crippen molar-refractivity contribution in [1.82, 2.24) is 0 Å². The lowest BCUT2D eigenvalue weighted by molar-refractivity contribution is -0.946. The Morgan fingerprint density at radius 1 is 1.07 bits per heavy atom. The fourth-order valence-electron chi connectivity index (χ4n) is 6.63. The summed E-state index contributed by atoms with van der Waals surface area (Å²) in [4.78, 5) is 34.3. The van der Waals surface area contributed by atoms with Crippen LogP contribution in [0.5, 0.6) is 5.75 Å². The van der Waals surface area contributed by atoms with Gasteiger partial charge >= 0.3 is 12.1 Å². The Kier molecular flexibility index (Phi) is 11.0. The van der Waals surface area contributed by atoms with E-state index in [0.717, 1.165) is 91.9 Å². The number of hydrogen-bond acceptors (Lipinski definition) is 8. The van der Waals surface area contributed by atoms with Gasteiger partial charge in [-0.05, 0) is 48.6 Å². The number of esters is 1. The zero-order valence-corrected chi connectivity index (χ0v) is 25.5. The molecule has 4 heterocycles. The van der Waals surface area contributed by atoms with Crippen LogP contribution in [-0.4, -0.2) is 72.5 Å². The van der Waals surface area contributed by atoms with E-state index in [4.69, 9.17) is 19.4 Å². The van der Waals surface area contributed by atoms with Gasteiger partial charge in [0.25, 0.3) is 0 Å². The minimum absolute atomic E-state index is 0.0627. The van der Waals surface area contributed by atoms with Crippen LogP contribution in [0.3, 0.4) is 0 Å². The van der Waals surface area contributed by atoms with Crippen molar-refractivity contribution < 1.29 is 51.7 Å². The van der Waals surface area contributed by atoms with Crippen molar-refractivity contribution in [2.75, 3.05) is 38.1 Å². The number of carbonyl (C=O) groups excluding carboxylic acids is 3. The molecule has 4 aliphatic rings. The van der Waals surface area contributed by atoms with Gasteiger partial charge in [0.05, 0.1) is 26.2 Å². The minimum Gasteiger partial charge on any atom is -0.542 e. The molecule has 44 heavy (non-hydrogen) atoms. The van der Waals surface area contributed by atoms with Gasteiger partial charge in [0, 0.05) is 48.6 Å². The summed E-state index contributed by atoms with van der Waals surface area (Å²) in [5.74, 6) is -2.42. The number of rotatable bonds is 10. The molecule has 4 fully saturated rings. The second-order valence-corrected chi connectivity index (χ2v) is 12.8. The maximum absolute atomic E-state index is 13.6. The van der Waals surface area contributed by atoms with Crippen LogP contribution in [0.25, 0.3) is 0 Å². The highest BCUT2D eigenvalue weighted by atomic mass is 32.1. The van der Waals surface area contributed by atoms with E-state index < -0.39 is 23.7 Å². The first-order chi connectivity index (χ1) is 20.8. The van der Waals surface area contributed by atoms with Gasteiger partial charge in [-0.1, -0.05) is 18.9 Å². The summed E-state index contributed by atoms with van der Waals surface area (Å²) >= 11 is 1.45. The number of carboxylic acid groups (broad SMARTS) is 1. The van der Waals surface area contributed by atoms with Gasteiger partial charge in [0.2, 0.25) is 5.91 Å². The third kappa shape index (κ3) is 8.30. The summed E-state index contributed by atoms with van der Waals surface area (Å²) in [6.45, 7) is 6.15. The molecule has 242 valence electrons. The average Bonchev–Trinajstić information content (AvgIpc) is 3.72. The highest BCUT2D eigenvalue weighted by Crippen LogP contribution is 2.44. The van der Waals surface area contributed by atoms with Crippen LogP contribution in [0.15, 0.2) is 41.8 Å². The Balaban J connectivity index is 0.000000566. The van der Waals surface area contributed by atoms with E-state index in [1.165, 1.54) is 18.3 Å². The summed E-state index contributed by atoms with van der Waals surface area (Å²) in [6, 6.07) is 11.2. The van der Waals surface area contributed by atoms with Gasteiger partial charge in [-0.25, -0.2) is 4.79 Å². The second kappa shape index (κ2) is 14.3. The van der Waals surface area contributed by atoms with Gasteiger partial charge in [0.1, 0.15) is 18.3 Å². The highest BCUT2D eigenvalue weighted by Gasteiger charge is 2.53. The van der Waals surface area contributed by atoms with E-state index in [-0.39, 0.29) is 17.9 Å². The summed E-state index contributed by atoms with van der Waals surface area (Å²) in [5.41, 5.74) is -0.765. The van der Waals surface area contributed by atoms with Gasteiger partial charge in [-0.3, -0.25) is 4.79 Å². The maximum atomic E-state index is 13.6. The number of carbonyl (C=O) groups is 3. The molecule has 1 saturated carbocycles. The van der Waals surface area contributed by atoms with Crippen LogP contribution in [0.2, 0.25) is 0 Å². The lowest BCUT2D eigenvalue weighted by Gasteiger charge is -2.52. The number of halogens is 3. The van der Waals surface area contributed by atoms with E-state index >= 15 is 0 Å². The number of aliphatic carboxylic acids is 1. The SMILES string of the molecule is CC(=O)Nc1ccc(OCCC[N+]23CCC(CC2)[C@@H](OC(=O)[C@](O)(c2cccs2)C2CCCC2)C3)cc1.O=C([O-])C(F)(F)F. The van der Waals surface area contributed by atoms with Crippen molar-refractivity contribution in [3.05, 3.63) is 46.7 Å². The normalized spacial score (nSPS) is 24.5. The fraction of sp³-hybridized carbons (Fsp3) is 0.581. The predicted molar refractivity (Wildman–Crippen MR) is 154 cm³/mol. The highest BCUT2D eigenvalue weighted by molar-refractivity contribution is 7.10. The molecular weight excluding hydrogens is 601 g/mol. The average molecular weight is 641 g/mol. The van der Waals surface area contributed by atoms with Crippen molar-refractivity contribution >= 4 is 34.9 Å². The number of alkyl halides is 3. The molecule has 2 N–H and O–H groups in total. The molecular formula is C31H39F3N2O7S. The zero-order valence-electron chi connectivity index (χ0n) is 24.6. The maximum Gasteiger partial charge on any atom is 0.430 e. The number of aliphatic hydroxyl groups is 1. The first-order valence-electron chi connectivity index (χ1n) is 14.9. The number of hydrogen-bond donors (Lipinski definition) is 2. The second-order valence-electron chi connectivity index (χ2n) is 11.9. The van der Waals surface area contributed by atoms with Crippen LogP contribution in [-0.2, 0) is 24.7 Å². The molecule has 3 aliphatic heterocycles. The van der Waals surface area contributed by atoms with Crippen LogP contribution in [0.1, 0.15) is 56.7 Å². The number of piperidine rings is 3. The molecule has 9 nitrogen and oxygen atoms in total. The van der Waals surface area contributed by atoms with E-state index in [2.05, 4.69) is 5.32 Å². The molecule has 1 aromatic carbocycles. The number of nitrogens with zero attached hydrogens (tertiary/aromatic N) is 1. The summed E-state index contributed by atoms with van der Waals surface area (Å²) < 4.78 is 44.7. The number of fused-ring (bicyclic) bond motifs is 3. The third-order valence-electron chi connectivity index (χ3n) is 8.91. The number of nitrogens with one attached hydrogen (secondary N) is 1. The first-order valence-corrected chi connectivity index (χ1v) is 15.8. The zero-order chi connectivity index (χ0) is 32.0. The standard InChI is InChI=1S/C29H38N2O5S.C2HF3O2/c1-21(32)30-24-9-11-25(12-10-24)35-18-5-15-31-16-13-22(14-17-31)26(20-31)36-28(33)29(34,23-6-2-3-7-23)27-8-4-19-37-27;3-2(4,5)1(6)7/h4,8-12,19,22-23,26,34H,2-3,5-7,13-18,20H2,1H3;(H,6,7)/t22?,26-,29+,31?;/m0./s1. The molecule has 2 bridgehead atoms. The van der Waals surface area contributed by atoms with Gasteiger partial charge in [-0.2, -0.15) is 13.2 Å². The van der Waals surface area contributed by atoms with Crippen molar-refractivity contribution in [2.45, 2.75) is 69.8 Å². The molecule has 3 saturated heterocycles. The number of amides is 1. The Morgan fingerprint density at radius 2 is 1.70 bits per heavy atom. The van der Waals surface area contributed by atoms with Crippen molar-refractivity contribution in [3.8, 4) is 5.75 Å². The molecule has 6 rings (SSSR count). The Bertz CT molecular complexity index is 1260. The van der Waals surface area contributed by atoms with Crippen molar-refractivity contribution in [1.29, 1.82) is 0 Å². The van der Waals surface area contributed by atoms with Gasteiger partial charge in [0.15, 0.2) is 11.7 Å². The van der Waals surface area contributed by atoms with Crippen molar-refractivity contribution in [3.63, 3.8) is 0 Å². The van der Waals surface area contributed by atoms with Crippen LogP contribution >= 0.6 is 11.3 Å². The van der Waals surface area contributed by atoms with E-state index in [9.17, 15) is 27.9 Å². The number of carboxylic acids is 1. The lowest BCUT2D eigenvalue weighted by Crippen LogP contribution is -2.65. The number of benzene rings is 1. The monoisotopic (exact) mass is 640 g/mol. The molecule has 1 amide bonds. The Morgan fingerprint density at radius 3 is 2.25 bits per heavy atom.